The smallest absolute Gasteiger partial charge is 0.228 e. The number of amides is 1. The van der Waals surface area contributed by atoms with E-state index in [0.29, 0.717) is 12.5 Å². The van der Waals surface area contributed by atoms with Gasteiger partial charge in [-0.1, -0.05) is 26.3 Å². The van der Waals surface area contributed by atoms with Crippen molar-refractivity contribution < 1.29 is 4.79 Å². The van der Waals surface area contributed by atoms with Gasteiger partial charge in [0.1, 0.15) is 0 Å². The summed E-state index contributed by atoms with van der Waals surface area (Å²) in [4.78, 5) is 13.6. The number of rotatable bonds is 5. The first-order valence-corrected chi connectivity index (χ1v) is 7.51. The first-order chi connectivity index (χ1) is 8.59. The largest absolute Gasteiger partial charge is 0.348 e. The summed E-state index contributed by atoms with van der Waals surface area (Å²) >= 11 is 1.70. The zero-order valence-corrected chi connectivity index (χ0v) is 11.9. The van der Waals surface area contributed by atoms with E-state index in [1.807, 2.05) is 6.07 Å². The summed E-state index contributed by atoms with van der Waals surface area (Å²) in [5.41, 5.74) is 5.49. The molecule has 0 bridgehead atoms. The molecule has 1 fully saturated rings. The van der Waals surface area contributed by atoms with Crippen molar-refractivity contribution in [3.8, 4) is 0 Å². The van der Waals surface area contributed by atoms with E-state index in [9.17, 15) is 4.79 Å². The van der Waals surface area contributed by atoms with Crippen LogP contribution in [0.4, 0.5) is 0 Å². The van der Waals surface area contributed by atoms with E-state index < -0.39 is 0 Å². The van der Waals surface area contributed by atoms with Crippen LogP contribution in [0.2, 0.25) is 0 Å². The Kier molecular flexibility index (Phi) is 4.07. The van der Waals surface area contributed by atoms with Gasteiger partial charge in [-0.2, -0.15) is 0 Å². The molecule has 3 nitrogen and oxygen atoms in total. The monoisotopic (exact) mass is 266 g/mol. The van der Waals surface area contributed by atoms with Crippen molar-refractivity contribution in [3.63, 3.8) is 0 Å². The number of hydrogen-bond donors (Lipinski definition) is 2. The number of thiophene rings is 1. The summed E-state index contributed by atoms with van der Waals surface area (Å²) in [6.45, 7) is 4.75. The summed E-state index contributed by atoms with van der Waals surface area (Å²) < 4.78 is 0. The second-order valence-corrected chi connectivity index (χ2v) is 6.53. The van der Waals surface area contributed by atoms with E-state index in [0.717, 1.165) is 19.3 Å². The molecule has 1 aliphatic rings. The fourth-order valence-corrected chi connectivity index (χ4v) is 3.41. The maximum Gasteiger partial charge on any atom is 0.228 e. The molecule has 1 aromatic rings. The van der Waals surface area contributed by atoms with Crippen LogP contribution in [-0.4, -0.2) is 12.5 Å². The quantitative estimate of drug-likeness (QED) is 0.861. The van der Waals surface area contributed by atoms with E-state index in [1.54, 1.807) is 11.3 Å². The minimum atomic E-state index is -0.287. The molecule has 1 amide bonds. The van der Waals surface area contributed by atoms with Crippen LogP contribution in [-0.2, 0) is 4.79 Å². The van der Waals surface area contributed by atoms with Crippen molar-refractivity contribution in [2.24, 2.45) is 17.1 Å². The Bertz CT molecular complexity index is 390. The average molecular weight is 266 g/mol. The van der Waals surface area contributed by atoms with Crippen molar-refractivity contribution in [2.45, 2.75) is 39.2 Å². The molecule has 1 saturated carbocycles. The first-order valence-electron chi connectivity index (χ1n) is 6.63. The molecule has 1 heterocycles. The summed E-state index contributed by atoms with van der Waals surface area (Å²) in [7, 11) is 0. The molecular weight excluding hydrogens is 244 g/mol. The van der Waals surface area contributed by atoms with Crippen LogP contribution < -0.4 is 11.1 Å². The van der Waals surface area contributed by atoms with Crippen LogP contribution in [0, 0.1) is 11.3 Å². The third kappa shape index (κ3) is 2.45. The topological polar surface area (TPSA) is 55.1 Å². The predicted molar refractivity (Wildman–Crippen MR) is 75.4 cm³/mol. The number of carbonyl (C=O) groups is 1. The average Bonchev–Trinajstić information content (AvgIpc) is 2.77. The standard InChI is InChI=1S/C14H22N2OS/c1-10(2)12(11-5-3-8-18-11)16-13(17)14(9-15)6-4-7-14/h3,5,8,10,12H,4,6-7,9,15H2,1-2H3,(H,16,17). The van der Waals surface area contributed by atoms with Gasteiger partial charge >= 0.3 is 0 Å². The molecule has 1 unspecified atom stereocenters. The van der Waals surface area contributed by atoms with E-state index in [2.05, 4.69) is 30.6 Å². The molecule has 0 saturated heterocycles. The Morgan fingerprint density at radius 1 is 1.56 bits per heavy atom. The zero-order chi connectivity index (χ0) is 13.2. The molecule has 1 aliphatic carbocycles. The molecule has 18 heavy (non-hydrogen) atoms. The van der Waals surface area contributed by atoms with Crippen LogP contribution >= 0.6 is 11.3 Å². The Hall–Kier alpha value is -0.870. The molecule has 3 N–H and O–H groups in total. The second-order valence-electron chi connectivity index (χ2n) is 5.55. The Morgan fingerprint density at radius 2 is 2.28 bits per heavy atom. The van der Waals surface area contributed by atoms with Gasteiger partial charge in [0.15, 0.2) is 0 Å². The highest BCUT2D eigenvalue weighted by Crippen LogP contribution is 2.41. The lowest BCUT2D eigenvalue weighted by molar-refractivity contribution is -0.136. The van der Waals surface area contributed by atoms with Crippen molar-refractivity contribution in [2.75, 3.05) is 6.54 Å². The molecule has 2 rings (SSSR count). The Morgan fingerprint density at radius 3 is 2.67 bits per heavy atom. The first kappa shape index (κ1) is 13.6. The zero-order valence-electron chi connectivity index (χ0n) is 11.1. The number of nitrogens with one attached hydrogen (secondary N) is 1. The fourth-order valence-electron chi connectivity index (χ4n) is 2.46. The maximum atomic E-state index is 12.4. The summed E-state index contributed by atoms with van der Waals surface area (Å²) in [6.07, 6.45) is 2.99. The van der Waals surface area contributed by atoms with E-state index >= 15 is 0 Å². The van der Waals surface area contributed by atoms with Crippen molar-refractivity contribution in [3.05, 3.63) is 22.4 Å². The third-order valence-corrected chi connectivity index (χ3v) is 4.94. The lowest BCUT2D eigenvalue weighted by Gasteiger charge is -2.40. The van der Waals surface area contributed by atoms with Crippen molar-refractivity contribution in [1.82, 2.24) is 5.32 Å². The lowest BCUT2D eigenvalue weighted by atomic mass is 9.68. The van der Waals surface area contributed by atoms with Gasteiger partial charge in [0.2, 0.25) is 5.91 Å². The van der Waals surface area contributed by atoms with Crippen LogP contribution in [0.15, 0.2) is 17.5 Å². The molecular formula is C14H22N2OS. The van der Waals surface area contributed by atoms with E-state index in [4.69, 9.17) is 5.73 Å². The number of nitrogens with two attached hydrogens (primary N) is 1. The van der Waals surface area contributed by atoms with Gasteiger partial charge < -0.3 is 11.1 Å². The normalized spacial score (nSPS) is 19.3. The van der Waals surface area contributed by atoms with Crippen LogP contribution in [0.1, 0.15) is 44.0 Å². The molecule has 4 heteroatoms. The van der Waals surface area contributed by atoms with Crippen LogP contribution in [0.5, 0.6) is 0 Å². The van der Waals surface area contributed by atoms with E-state index in [-0.39, 0.29) is 17.4 Å². The van der Waals surface area contributed by atoms with Gasteiger partial charge in [-0.3, -0.25) is 4.79 Å². The van der Waals surface area contributed by atoms with Gasteiger partial charge in [0.05, 0.1) is 11.5 Å². The SMILES string of the molecule is CC(C)C(NC(=O)C1(CN)CCC1)c1cccs1. The molecule has 0 aromatic carbocycles. The molecule has 100 valence electrons. The summed E-state index contributed by atoms with van der Waals surface area (Å²) in [5, 5.41) is 5.26. The highest BCUT2D eigenvalue weighted by atomic mass is 32.1. The lowest BCUT2D eigenvalue weighted by Crippen LogP contribution is -2.51. The molecule has 0 radical (unpaired) electrons. The molecule has 1 aromatic heterocycles. The van der Waals surface area contributed by atoms with Gasteiger partial charge in [0.25, 0.3) is 0 Å². The Labute approximate surface area is 113 Å². The van der Waals surface area contributed by atoms with Gasteiger partial charge in [0, 0.05) is 11.4 Å². The van der Waals surface area contributed by atoms with Crippen molar-refractivity contribution in [1.29, 1.82) is 0 Å². The maximum absolute atomic E-state index is 12.4. The number of carbonyl (C=O) groups excluding carboxylic acids is 1. The number of hydrogen-bond acceptors (Lipinski definition) is 3. The van der Waals surface area contributed by atoms with E-state index in [1.165, 1.54) is 4.88 Å². The fraction of sp³-hybridized carbons (Fsp3) is 0.643. The molecule has 0 aliphatic heterocycles. The van der Waals surface area contributed by atoms with Gasteiger partial charge in [-0.25, -0.2) is 0 Å². The van der Waals surface area contributed by atoms with Crippen molar-refractivity contribution >= 4 is 17.2 Å². The third-order valence-electron chi connectivity index (χ3n) is 3.99. The van der Waals surface area contributed by atoms with Crippen LogP contribution in [0.25, 0.3) is 0 Å². The van der Waals surface area contributed by atoms with Gasteiger partial charge in [-0.05, 0) is 30.2 Å². The second kappa shape index (κ2) is 5.41. The highest BCUT2D eigenvalue weighted by molar-refractivity contribution is 7.10. The molecule has 0 spiro atoms. The predicted octanol–water partition coefficient (Wildman–Crippen LogP) is 2.69. The summed E-state index contributed by atoms with van der Waals surface area (Å²) in [5.74, 6) is 0.533. The summed E-state index contributed by atoms with van der Waals surface area (Å²) in [6, 6.07) is 4.23. The van der Waals surface area contributed by atoms with Gasteiger partial charge in [-0.15, -0.1) is 11.3 Å². The van der Waals surface area contributed by atoms with Crippen LogP contribution in [0.3, 0.4) is 0 Å². The molecule has 1 atom stereocenters. The minimum absolute atomic E-state index is 0.113. The highest BCUT2D eigenvalue weighted by Gasteiger charge is 2.43. The Balaban J connectivity index is 2.08. The minimum Gasteiger partial charge on any atom is -0.348 e.